The van der Waals surface area contributed by atoms with Gasteiger partial charge in [-0.1, -0.05) is 5.16 Å². The Morgan fingerprint density at radius 3 is 2.71 bits per heavy atom. The van der Waals surface area contributed by atoms with Gasteiger partial charge < -0.3 is 9.26 Å². The lowest BCUT2D eigenvalue weighted by molar-refractivity contribution is -0.384. The van der Waals surface area contributed by atoms with E-state index in [0.29, 0.717) is 18.0 Å². The van der Waals surface area contributed by atoms with Crippen LogP contribution in [-0.2, 0) is 10.5 Å². The lowest BCUT2D eigenvalue weighted by atomic mass is 10.1. The first-order chi connectivity index (χ1) is 11.5. The van der Waals surface area contributed by atoms with E-state index >= 15 is 0 Å². The number of rotatable bonds is 6. The zero-order valence-corrected chi connectivity index (χ0v) is 14.5. The number of thioether (sulfide) groups is 1. The van der Waals surface area contributed by atoms with E-state index in [-0.39, 0.29) is 5.69 Å². The van der Waals surface area contributed by atoms with Gasteiger partial charge in [-0.15, -0.1) is 0 Å². The summed E-state index contributed by atoms with van der Waals surface area (Å²) in [6.45, 7) is 4.03. The van der Waals surface area contributed by atoms with Crippen LogP contribution in [0.2, 0.25) is 0 Å². The summed E-state index contributed by atoms with van der Waals surface area (Å²) in [5.74, 6) is 2.43. The van der Waals surface area contributed by atoms with Gasteiger partial charge >= 0.3 is 0 Å². The summed E-state index contributed by atoms with van der Waals surface area (Å²) in [5, 5.41) is 14.8. The van der Waals surface area contributed by atoms with Crippen LogP contribution in [0.5, 0.6) is 0 Å². The van der Waals surface area contributed by atoms with Crippen LogP contribution >= 0.6 is 11.8 Å². The highest BCUT2D eigenvalue weighted by molar-refractivity contribution is 7.98. The number of nitrogens with zero attached hydrogens (tertiary/aromatic N) is 2. The first kappa shape index (κ1) is 17.0. The zero-order valence-electron chi connectivity index (χ0n) is 13.7. The van der Waals surface area contributed by atoms with Crippen molar-refractivity contribution in [1.29, 1.82) is 0 Å². The second kappa shape index (κ2) is 7.36. The molecule has 0 bridgehead atoms. The fourth-order valence-electron chi connectivity index (χ4n) is 2.82. The molecule has 0 spiro atoms. The van der Waals surface area contributed by atoms with Crippen molar-refractivity contribution in [3.63, 3.8) is 0 Å². The van der Waals surface area contributed by atoms with Gasteiger partial charge in [-0.2, -0.15) is 11.8 Å². The quantitative estimate of drug-likeness (QED) is 0.570. The average molecular weight is 348 g/mol. The number of aryl methyl sites for hydroxylation is 1. The summed E-state index contributed by atoms with van der Waals surface area (Å²) < 4.78 is 11.3. The maximum Gasteiger partial charge on any atom is 0.269 e. The summed E-state index contributed by atoms with van der Waals surface area (Å²) in [4.78, 5) is 10.4. The minimum absolute atomic E-state index is 0.0680. The third kappa shape index (κ3) is 3.79. The van der Waals surface area contributed by atoms with E-state index in [4.69, 9.17) is 9.26 Å². The molecule has 2 aromatic rings. The number of hydrogen-bond donors (Lipinski definition) is 0. The highest BCUT2D eigenvalue weighted by Gasteiger charge is 2.22. The minimum atomic E-state index is -0.408. The van der Waals surface area contributed by atoms with Crippen LogP contribution in [0.25, 0.3) is 11.3 Å². The Bertz CT molecular complexity index is 714. The van der Waals surface area contributed by atoms with Crippen molar-refractivity contribution in [2.75, 3.05) is 5.75 Å². The lowest BCUT2D eigenvalue weighted by Gasteiger charge is -2.10. The molecule has 0 amide bonds. The summed E-state index contributed by atoms with van der Waals surface area (Å²) in [5.41, 5.74) is 2.78. The predicted molar refractivity (Wildman–Crippen MR) is 93.1 cm³/mol. The van der Waals surface area contributed by atoms with Crippen molar-refractivity contribution in [1.82, 2.24) is 5.16 Å². The Balaban J connectivity index is 1.68. The predicted octanol–water partition coefficient (Wildman–Crippen LogP) is 4.36. The van der Waals surface area contributed by atoms with Gasteiger partial charge in [-0.25, -0.2) is 0 Å². The monoisotopic (exact) mass is 348 g/mol. The first-order valence-electron chi connectivity index (χ1n) is 7.97. The van der Waals surface area contributed by atoms with E-state index in [9.17, 15) is 10.1 Å². The molecule has 0 N–H and O–H groups in total. The molecule has 0 saturated carbocycles. The molecule has 6 nitrogen and oxygen atoms in total. The maximum atomic E-state index is 10.8. The standard InChI is InChI=1S/C17H20N2O4S/c1-11-3-8-15(22-11)9-24-10-16-12(2)18-23-17(16)13-4-6-14(7-5-13)19(20)21/h4-7,11,15H,3,8-10H2,1-2H3. The van der Waals surface area contributed by atoms with Gasteiger partial charge in [0.05, 0.1) is 22.8 Å². The molecular formula is C17H20N2O4S. The van der Waals surface area contributed by atoms with Crippen molar-refractivity contribution < 1.29 is 14.2 Å². The minimum Gasteiger partial charge on any atom is -0.374 e. The molecule has 1 aromatic heterocycles. The fraction of sp³-hybridized carbons (Fsp3) is 0.471. The second-order valence-electron chi connectivity index (χ2n) is 6.04. The number of aromatic nitrogens is 1. The fourth-order valence-corrected chi connectivity index (χ4v) is 3.99. The number of benzene rings is 1. The number of hydrogen-bond acceptors (Lipinski definition) is 6. The molecule has 3 rings (SSSR count). The molecule has 0 aliphatic carbocycles. The van der Waals surface area contributed by atoms with E-state index in [2.05, 4.69) is 12.1 Å². The van der Waals surface area contributed by atoms with Gasteiger partial charge in [0.15, 0.2) is 5.76 Å². The Morgan fingerprint density at radius 2 is 2.08 bits per heavy atom. The second-order valence-corrected chi connectivity index (χ2v) is 7.07. The molecular weight excluding hydrogens is 328 g/mol. The molecule has 2 atom stereocenters. The molecule has 2 unspecified atom stereocenters. The van der Waals surface area contributed by atoms with Crippen LogP contribution in [0.4, 0.5) is 5.69 Å². The van der Waals surface area contributed by atoms with Crippen LogP contribution in [-0.4, -0.2) is 28.0 Å². The third-order valence-electron chi connectivity index (χ3n) is 4.20. The van der Waals surface area contributed by atoms with E-state index in [1.807, 2.05) is 18.7 Å². The molecule has 128 valence electrons. The van der Waals surface area contributed by atoms with Crippen LogP contribution in [0.15, 0.2) is 28.8 Å². The van der Waals surface area contributed by atoms with Crippen molar-refractivity contribution >= 4 is 17.4 Å². The smallest absolute Gasteiger partial charge is 0.269 e. The summed E-state index contributed by atoms with van der Waals surface area (Å²) in [7, 11) is 0. The summed E-state index contributed by atoms with van der Waals surface area (Å²) in [6, 6.07) is 6.37. The number of nitro groups is 1. The van der Waals surface area contributed by atoms with Crippen molar-refractivity contribution in [3.05, 3.63) is 45.6 Å². The largest absolute Gasteiger partial charge is 0.374 e. The van der Waals surface area contributed by atoms with Crippen LogP contribution in [0, 0.1) is 17.0 Å². The lowest BCUT2D eigenvalue weighted by Crippen LogP contribution is -2.11. The molecule has 7 heteroatoms. The molecule has 2 heterocycles. The Morgan fingerprint density at radius 1 is 1.33 bits per heavy atom. The van der Waals surface area contributed by atoms with E-state index in [1.54, 1.807) is 12.1 Å². The van der Waals surface area contributed by atoms with Crippen LogP contribution < -0.4 is 0 Å². The van der Waals surface area contributed by atoms with Gasteiger partial charge in [-0.3, -0.25) is 10.1 Å². The topological polar surface area (TPSA) is 78.4 Å². The van der Waals surface area contributed by atoms with Crippen LogP contribution in [0.3, 0.4) is 0 Å². The average Bonchev–Trinajstić information content (AvgIpc) is 3.14. The molecule has 1 fully saturated rings. The number of non-ortho nitro benzene ring substituents is 1. The third-order valence-corrected chi connectivity index (χ3v) is 5.30. The summed E-state index contributed by atoms with van der Waals surface area (Å²) in [6.07, 6.45) is 2.94. The SMILES string of the molecule is Cc1noc(-c2ccc([N+](=O)[O-])cc2)c1CSCC1CCC(C)O1. The van der Waals surface area contributed by atoms with E-state index in [1.165, 1.54) is 12.1 Å². The molecule has 1 aliphatic rings. The van der Waals surface area contributed by atoms with Gasteiger partial charge in [0.25, 0.3) is 5.69 Å². The van der Waals surface area contributed by atoms with Gasteiger partial charge in [-0.05, 0) is 38.8 Å². The van der Waals surface area contributed by atoms with Crippen molar-refractivity contribution in [3.8, 4) is 11.3 Å². The zero-order chi connectivity index (χ0) is 17.1. The Kier molecular flexibility index (Phi) is 5.20. The Labute approximate surface area is 144 Å². The van der Waals surface area contributed by atoms with Crippen LogP contribution in [0.1, 0.15) is 31.0 Å². The van der Waals surface area contributed by atoms with Gasteiger partial charge in [0.1, 0.15) is 0 Å². The highest BCUT2D eigenvalue weighted by Crippen LogP contribution is 2.31. The number of nitro benzene ring substituents is 1. The van der Waals surface area contributed by atoms with Crippen molar-refractivity contribution in [2.24, 2.45) is 0 Å². The summed E-state index contributed by atoms with van der Waals surface area (Å²) >= 11 is 1.81. The van der Waals surface area contributed by atoms with Crippen molar-refractivity contribution in [2.45, 2.75) is 44.6 Å². The maximum absolute atomic E-state index is 10.8. The van der Waals surface area contributed by atoms with E-state index in [0.717, 1.165) is 41.2 Å². The van der Waals surface area contributed by atoms with E-state index < -0.39 is 4.92 Å². The molecule has 0 radical (unpaired) electrons. The van der Waals surface area contributed by atoms with Gasteiger partial charge in [0.2, 0.25) is 0 Å². The van der Waals surface area contributed by atoms with Gasteiger partial charge in [0, 0.05) is 34.8 Å². The molecule has 1 aliphatic heterocycles. The highest BCUT2D eigenvalue weighted by atomic mass is 32.2. The molecule has 1 aromatic carbocycles. The normalized spacial score (nSPS) is 20.4. The Hall–Kier alpha value is -1.86. The first-order valence-corrected chi connectivity index (χ1v) is 9.13. The molecule has 24 heavy (non-hydrogen) atoms. The molecule has 1 saturated heterocycles. The number of ether oxygens (including phenoxy) is 1.